The standard InChI is InChI=1S/C30H18NS.C11H8N.Ir/c1-18-16-20(17-28-29(18)26-8-4-5-9-27(26)32-28)30-25-13-12-22-21-7-3-2-6-19(21)10-11-23(22)24(25)14-15-31-30;1-2-6-10(7-3-1)11-8-4-5-9-12-11;/h2-16H,1H3;1-6,8-9H;/q2*-1;. The van der Waals surface area contributed by atoms with Crippen molar-refractivity contribution < 1.29 is 20.1 Å². The molecule has 0 aliphatic rings. The summed E-state index contributed by atoms with van der Waals surface area (Å²) >= 11 is 1.81. The molecular formula is C41H26IrN2S-2. The van der Waals surface area contributed by atoms with Crippen LogP contribution in [0.25, 0.3) is 75.0 Å². The fourth-order valence-electron chi connectivity index (χ4n) is 6.14. The number of hydrogen-bond donors (Lipinski definition) is 0. The van der Waals surface area contributed by atoms with Crippen LogP contribution < -0.4 is 0 Å². The minimum absolute atomic E-state index is 0. The van der Waals surface area contributed by atoms with Crippen molar-refractivity contribution in [2.75, 3.05) is 0 Å². The number of hydrogen-bond acceptors (Lipinski definition) is 3. The van der Waals surface area contributed by atoms with Crippen LogP contribution in [-0.2, 0) is 20.1 Å². The van der Waals surface area contributed by atoms with Crippen molar-refractivity contribution in [3.8, 4) is 22.5 Å². The van der Waals surface area contributed by atoms with E-state index in [1.54, 1.807) is 6.20 Å². The summed E-state index contributed by atoms with van der Waals surface area (Å²) in [7, 11) is 0. The third-order valence-corrected chi connectivity index (χ3v) is 9.26. The van der Waals surface area contributed by atoms with E-state index in [1.807, 2.05) is 60.0 Å². The fourth-order valence-corrected chi connectivity index (χ4v) is 7.32. The van der Waals surface area contributed by atoms with Gasteiger partial charge in [-0.25, -0.2) is 0 Å². The largest absolute Gasteiger partial charge is 0.305 e. The van der Waals surface area contributed by atoms with Gasteiger partial charge in [-0.05, 0) is 72.0 Å². The second-order valence-electron chi connectivity index (χ2n) is 10.9. The number of benzene rings is 6. The Morgan fingerprint density at radius 1 is 0.578 bits per heavy atom. The zero-order chi connectivity index (χ0) is 29.5. The van der Waals surface area contributed by atoms with E-state index in [2.05, 4.69) is 109 Å². The average molecular weight is 771 g/mol. The second kappa shape index (κ2) is 12.3. The van der Waals surface area contributed by atoms with Crippen LogP contribution in [0.5, 0.6) is 0 Å². The van der Waals surface area contributed by atoms with Crippen molar-refractivity contribution in [3.05, 3.63) is 157 Å². The number of pyridine rings is 2. The molecule has 3 heterocycles. The van der Waals surface area contributed by atoms with E-state index in [4.69, 9.17) is 4.98 Å². The molecule has 45 heavy (non-hydrogen) atoms. The van der Waals surface area contributed by atoms with Crippen LogP contribution in [0.2, 0.25) is 0 Å². The first-order valence-electron chi connectivity index (χ1n) is 14.7. The summed E-state index contributed by atoms with van der Waals surface area (Å²) in [6.07, 6.45) is 3.72. The first-order valence-corrected chi connectivity index (χ1v) is 15.5. The topological polar surface area (TPSA) is 25.8 Å². The maximum atomic E-state index is 4.82. The van der Waals surface area contributed by atoms with Gasteiger partial charge in [0.15, 0.2) is 0 Å². The van der Waals surface area contributed by atoms with E-state index in [0.29, 0.717) is 0 Å². The van der Waals surface area contributed by atoms with Gasteiger partial charge < -0.3 is 9.97 Å². The third-order valence-electron chi connectivity index (χ3n) is 8.17. The normalized spacial score (nSPS) is 11.0. The van der Waals surface area contributed by atoms with Gasteiger partial charge in [0.1, 0.15) is 0 Å². The molecule has 0 unspecified atom stereocenters. The molecule has 0 amide bonds. The van der Waals surface area contributed by atoms with Gasteiger partial charge in [-0.3, -0.25) is 0 Å². The Hall–Kier alpha value is -4.73. The average Bonchev–Trinajstić information content (AvgIpc) is 3.48. The number of fused-ring (bicyclic) bond motifs is 8. The number of aromatic nitrogens is 2. The van der Waals surface area contributed by atoms with Gasteiger partial charge in [0.2, 0.25) is 0 Å². The van der Waals surface area contributed by atoms with Gasteiger partial charge in [-0.1, -0.05) is 91.2 Å². The van der Waals surface area contributed by atoms with Gasteiger partial charge in [0, 0.05) is 37.2 Å². The van der Waals surface area contributed by atoms with Crippen LogP contribution in [0, 0.1) is 19.1 Å². The Labute approximate surface area is 279 Å². The Kier molecular flexibility index (Phi) is 7.95. The van der Waals surface area contributed by atoms with Gasteiger partial charge in [0.05, 0.1) is 0 Å². The molecule has 9 rings (SSSR count). The van der Waals surface area contributed by atoms with Crippen molar-refractivity contribution in [3.63, 3.8) is 0 Å². The van der Waals surface area contributed by atoms with Crippen molar-refractivity contribution >= 4 is 63.8 Å². The molecule has 3 aromatic heterocycles. The van der Waals surface area contributed by atoms with E-state index in [1.165, 1.54) is 58.1 Å². The maximum absolute atomic E-state index is 4.82. The Morgan fingerprint density at radius 2 is 1.31 bits per heavy atom. The number of thiophene rings is 1. The van der Waals surface area contributed by atoms with Gasteiger partial charge in [0.25, 0.3) is 0 Å². The van der Waals surface area contributed by atoms with Crippen molar-refractivity contribution in [1.29, 1.82) is 0 Å². The SMILES string of the molecule is Cc1cc(-c2nccc3c2ccc2c4ccccc4ccc32)[c-]c2sc3ccccc3c12.[Ir].[c-]1ccccc1-c1ccccn1. The zero-order valence-corrected chi connectivity index (χ0v) is 27.6. The van der Waals surface area contributed by atoms with E-state index in [9.17, 15) is 0 Å². The molecule has 1 radical (unpaired) electrons. The minimum atomic E-state index is 0. The molecule has 6 aromatic carbocycles. The molecular weight excluding hydrogens is 745 g/mol. The van der Waals surface area contributed by atoms with Crippen molar-refractivity contribution in [2.45, 2.75) is 6.92 Å². The molecule has 0 aliphatic carbocycles. The van der Waals surface area contributed by atoms with Gasteiger partial charge >= 0.3 is 0 Å². The Morgan fingerprint density at radius 3 is 2.16 bits per heavy atom. The van der Waals surface area contributed by atoms with Gasteiger partial charge in [-0.15, -0.1) is 59.2 Å². The molecule has 9 aromatic rings. The summed E-state index contributed by atoms with van der Waals surface area (Å²) in [5, 5.41) is 10.2. The van der Waals surface area contributed by atoms with Crippen LogP contribution in [0.3, 0.4) is 0 Å². The van der Waals surface area contributed by atoms with Gasteiger partial charge in [-0.2, -0.15) is 11.3 Å². The van der Waals surface area contributed by atoms with Crippen molar-refractivity contribution in [2.24, 2.45) is 0 Å². The Balaban J connectivity index is 0.000000211. The summed E-state index contributed by atoms with van der Waals surface area (Å²) < 4.78 is 2.51. The molecule has 217 valence electrons. The summed E-state index contributed by atoms with van der Waals surface area (Å²) in [4.78, 5) is 9.04. The summed E-state index contributed by atoms with van der Waals surface area (Å²) in [6.45, 7) is 2.20. The van der Waals surface area contributed by atoms with Crippen molar-refractivity contribution in [1.82, 2.24) is 9.97 Å². The third kappa shape index (κ3) is 5.32. The van der Waals surface area contributed by atoms with Crippen LogP contribution >= 0.6 is 11.3 Å². The van der Waals surface area contributed by atoms with Crippen LogP contribution in [0.1, 0.15) is 5.56 Å². The molecule has 0 N–H and O–H groups in total. The predicted octanol–water partition coefficient (Wildman–Crippen LogP) is 11.2. The summed E-state index contributed by atoms with van der Waals surface area (Å²) in [5.74, 6) is 0. The van der Waals surface area contributed by atoms with E-state index >= 15 is 0 Å². The van der Waals surface area contributed by atoms with E-state index in [-0.39, 0.29) is 20.1 Å². The molecule has 0 saturated heterocycles. The molecule has 0 aliphatic heterocycles. The molecule has 2 nitrogen and oxygen atoms in total. The van der Waals surface area contributed by atoms with Crippen LogP contribution in [0.15, 0.2) is 140 Å². The molecule has 0 atom stereocenters. The fraction of sp³-hybridized carbons (Fsp3) is 0.0244. The zero-order valence-electron chi connectivity index (χ0n) is 24.4. The monoisotopic (exact) mass is 771 g/mol. The molecule has 0 bridgehead atoms. The molecule has 0 spiro atoms. The first-order chi connectivity index (χ1) is 21.7. The second-order valence-corrected chi connectivity index (χ2v) is 11.9. The summed E-state index contributed by atoms with van der Waals surface area (Å²) in [6, 6.07) is 51.1. The maximum Gasteiger partial charge on any atom is 0.0246 e. The molecule has 4 heteroatoms. The Bertz CT molecular complexity index is 2410. The number of aryl methyl sites for hydroxylation is 1. The smallest absolute Gasteiger partial charge is 0.0246 e. The minimum Gasteiger partial charge on any atom is -0.305 e. The van der Waals surface area contributed by atoms with Crippen LogP contribution in [-0.4, -0.2) is 9.97 Å². The number of rotatable bonds is 2. The predicted molar refractivity (Wildman–Crippen MR) is 187 cm³/mol. The van der Waals surface area contributed by atoms with E-state index < -0.39 is 0 Å². The van der Waals surface area contributed by atoms with Crippen LogP contribution in [0.4, 0.5) is 0 Å². The quantitative estimate of drug-likeness (QED) is 0.129. The summed E-state index contributed by atoms with van der Waals surface area (Å²) in [5.41, 5.74) is 5.35. The molecule has 0 saturated carbocycles. The first kappa shape index (κ1) is 29.0. The molecule has 0 fully saturated rings. The van der Waals surface area contributed by atoms with E-state index in [0.717, 1.165) is 22.5 Å². The number of nitrogens with zero attached hydrogens (tertiary/aromatic N) is 2.